The number of nitrogens with zero attached hydrogens (tertiary/aromatic N) is 1. The van der Waals surface area contributed by atoms with Crippen molar-refractivity contribution in [3.8, 4) is 0 Å². The number of hydrogen-bond acceptors (Lipinski definition) is 3. The molecule has 3 heteroatoms. The topological polar surface area (TPSA) is 35.5 Å². The van der Waals surface area contributed by atoms with Crippen LogP contribution in [0.4, 0.5) is 0 Å². The summed E-state index contributed by atoms with van der Waals surface area (Å²) in [6.07, 6.45) is 1.17. The van der Waals surface area contributed by atoms with Crippen LogP contribution in [0.1, 0.15) is 13.3 Å². The smallest absolute Gasteiger partial charge is 0.0599 e. The lowest BCUT2D eigenvalue weighted by Crippen LogP contribution is -2.40. The van der Waals surface area contributed by atoms with Gasteiger partial charge in [0.05, 0.1) is 6.61 Å². The summed E-state index contributed by atoms with van der Waals surface area (Å²) in [5, 5.41) is 12.4. The van der Waals surface area contributed by atoms with Crippen molar-refractivity contribution in [2.45, 2.75) is 25.4 Å². The van der Waals surface area contributed by atoms with Crippen LogP contribution in [0.15, 0.2) is 0 Å². The van der Waals surface area contributed by atoms with Gasteiger partial charge in [0.1, 0.15) is 0 Å². The van der Waals surface area contributed by atoms with E-state index in [4.69, 9.17) is 5.11 Å². The van der Waals surface area contributed by atoms with Gasteiger partial charge in [-0.15, -0.1) is 0 Å². The second-order valence-electron chi connectivity index (χ2n) is 3.41. The van der Waals surface area contributed by atoms with Crippen LogP contribution < -0.4 is 5.32 Å². The van der Waals surface area contributed by atoms with Crippen LogP contribution >= 0.6 is 0 Å². The number of likely N-dealkylation sites (N-methyl/N-ethyl adjacent to an activating group) is 1. The Hall–Kier alpha value is -0.120. The van der Waals surface area contributed by atoms with Gasteiger partial charge in [0.25, 0.3) is 0 Å². The normalized spacial score (nSPS) is 35.2. The van der Waals surface area contributed by atoms with Crippen molar-refractivity contribution in [2.75, 3.05) is 26.7 Å². The van der Waals surface area contributed by atoms with Gasteiger partial charge in [-0.05, 0) is 26.9 Å². The lowest BCUT2D eigenvalue weighted by Gasteiger charge is -2.22. The highest BCUT2D eigenvalue weighted by Crippen LogP contribution is 2.03. The van der Waals surface area contributed by atoms with Gasteiger partial charge in [-0.1, -0.05) is 0 Å². The van der Waals surface area contributed by atoms with Crippen molar-refractivity contribution in [3.63, 3.8) is 0 Å². The summed E-state index contributed by atoms with van der Waals surface area (Å²) in [4.78, 5) is 2.22. The van der Waals surface area contributed by atoms with Gasteiger partial charge in [-0.25, -0.2) is 0 Å². The highest BCUT2D eigenvalue weighted by molar-refractivity contribution is 4.78. The maximum Gasteiger partial charge on any atom is 0.0599 e. The third-order valence-electron chi connectivity index (χ3n) is 2.45. The predicted molar refractivity (Wildman–Crippen MR) is 45.6 cm³/mol. The largest absolute Gasteiger partial charge is 0.395 e. The average Bonchev–Trinajstić information content (AvgIpc) is 2.15. The minimum absolute atomic E-state index is 0.260. The molecule has 1 heterocycles. The van der Waals surface area contributed by atoms with Crippen LogP contribution in [0.3, 0.4) is 0 Å². The second-order valence-corrected chi connectivity index (χ2v) is 3.41. The van der Waals surface area contributed by atoms with Crippen molar-refractivity contribution in [3.05, 3.63) is 0 Å². The van der Waals surface area contributed by atoms with E-state index in [0.717, 1.165) is 13.1 Å². The summed E-state index contributed by atoms with van der Waals surface area (Å²) in [5.41, 5.74) is 0. The molecule has 1 rings (SSSR count). The first-order valence-electron chi connectivity index (χ1n) is 4.28. The molecular weight excluding hydrogens is 140 g/mol. The van der Waals surface area contributed by atoms with Crippen LogP contribution in [0.2, 0.25) is 0 Å². The number of aliphatic hydroxyl groups is 1. The minimum Gasteiger partial charge on any atom is -0.395 e. The molecule has 1 aliphatic heterocycles. The van der Waals surface area contributed by atoms with E-state index in [1.807, 2.05) is 0 Å². The molecular formula is C8H18N2O. The fourth-order valence-electron chi connectivity index (χ4n) is 1.38. The molecule has 0 aromatic rings. The standard InChI is InChI=1S/C8H18N2O/c1-7-3-4-10(2)8(6-11)5-9-7/h7-9,11H,3-6H2,1-2H3. The molecule has 0 bridgehead atoms. The molecule has 0 amide bonds. The number of nitrogens with one attached hydrogen (secondary N) is 1. The molecule has 1 saturated heterocycles. The van der Waals surface area contributed by atoms with Gasteiger partial charge in [0, 0.05) is 18.6 Å². The third-order valence-corrected chi connectivity index (χ3v) is 2.45. The molecule has 0 saturated carbocycles. The van der Waals surface area contributed by atoms with Crippen LogP contribution in [0.25, 0.3) is 0 Å². The quantitative estimate of drug-likeness (QED) is 0.548. The van der Waals surface area contributed by atoms with E-state index < -0.39 is 0 Å². The molecule has 0 aromatic carbocycles. The first kappa shape index (κ1) is 8.97. The molecule has 2 unspecified atom stereocenters. The Labute approximate surface area is 68.4 Å². The van der Waals surface area contributed by atoms with E-state index in [1.54, 1.807) is 0 Å². The van der Waals surface area contributed by atoms with Crippen molar-refractivity contribution in [1.82, 2.24) is 10.2 Å². The van der Waals surface area contributed by atoms with Gasteiger partial charge < -0.3 is 10.4 Å². The van der Waals surface area contributed by atoms with Crippen LogP contribution in [0.5, 0.6) is 0 Å². The Morgan fingerprint density at radius 1 is 1.64 bits per heavy atom. The lowest BCUT2D eigenvalue weighted by molar-refractivity contribution is 0.156. The predicted octanol–water partition coefficient (Wildman–Crippen LogP) is -0.339. The second kappa shape index (κ2) is 4.04. The molecule has 0 aliphatic carbocycles. The molecule has 1 aliphatic rings. The molecule has 0 radical (unpaired) electrons. The molecule has 2 N–H and O–H groups in total. The molecule has 3 nitrogen and oxygen atoms in total. The zero-order chi connectivity index (χ0) is 8.27. The SMILES string of the molecule is CC1CCN(C)C(CO)CN1. The zero-order valence-corrected chi connectivity index (χ0v) is 7.38. The van der Waals surface area contributed by atoms with E-state index in [2.05, 4.69) is 24.2 Å². The van der Waals surface area contributed by atoms with Crippen LogP contribution in [-0.4, -0.2) is 48.8 Å². The van der Waals surface area contributed by atoms with Gasteiger partial charge in [0.2, 0.25) is 0 Å². The van der Waals surface area contributed by atoms with E-state index in [9.17, 15) is 0 Å². The zero-order valence-electron chi connectivity index (χ0n) is 7.38. The summed E-state index contributed by atoms with van der Waals surface area (Å²) in [6.45, 7) is 4.44. The fraction of sp³-hybridized carbons (Fsp3) is 1.00. The van der Waals surface area contributed by atoms with Crippen LogP contribution in [-0.2, 0) is 0 Å². The molecule has 66 valence electrons. The van der Waals surface area contributed by atoms with Crippen molar-refractivity contribution < 1.29 is 5.11 Å². The maximum atomic E-state index is 8.99. The monoisotopic (exact) mass is 158 g/mol. The van der Waals surface area contributed by atoms with Crippen molar-refractivity contribution in [1.29, 1.82) is 0 Å². The molecule has 2 atom stereocenters. The van der Waals surface area contributed by atoms with Crippen molar-refractivity contribution >= 4 is 0 Å². The van der Waals surface area contributed by atoms with E-state index >= 15 is 0 Å². The van der Waals surface area contributed by atoms with Gasteiger partial charge >= 0.3 is 0 Å². The Kier molecular flexibility index (Phi) is 3.30. The van der Waals surface area contributed by atoms with Gasteiger partial charge in [-0.2, -0.15) is 0 Å². The highest BCUT2D eigenvalue weighted by Gasteiger charge is 2.18. The first-order valence-corrected chi connectivity index (χ1v) is 4.28. The summed E-state index contributed by atoms with van der Waals surface area (Å²) >= 11 is 0. The van der Waals surface area contributed by atoms with Crippen LogP contribution in [0, 0.1) is 0 Å². The van der Waals surface area contributed by atoms with E-state index in [0.29, 0.717) is 12.1 Å². The summed E-state index contributed by atoms with van der Waals surface area (Å²) in [5.74, 6) is 0. The lowest BCUT2D eigenvalue weighted by atomic mass is 10.2. The average molecular weight is 158 g/mol. The summed E-state index contributed by atoms with van der Waals surface area (Å²) < 4.78 is 0. The Morgan fingerprint density at radius 3 is 3.00 bits per heavy atom. The molecule has 0 spiro atoms. The van der Waals surface area contributed by atoms with Gasteiger partial charge in [0.15, 0.2) is 0 Å². The minimum atomic E-state index is 0.260. The summed E-state index contributed by atoms with van der Waals surface area (Å²) in [7, 11) is 2.07. The fourth-order valence-corrected chi connectivity index (χ4v) is 1.38. The van der Waals surface area contributed by atoms with Gasteiger partial charge in [-0.3, -0.25) is 4.90 Å². The number of hydrogen-bond donors (Lipinski definition) is 2. The molecule has 11 heavy (non-hydrogen) atoms. The highest BCUT2D eigenvalue weighted by atomic mass is 16.3. The third kappa shape index (κ3) is 2.43. The summed E-state index contributed by atoms with van der Waals surface area (Å²) in [6, 6.07) is 0.897. The van der Waals surface area contributed by atoms with Crippen molar-refractivity contribution in [2.24, 2.45) is 0 Å². The van der Waals surface area contributed by atoms with E-state index in [1.165, 1.54) is 6.42 Å². The Morgan fingerprint density at radius 2 is 2.36 bits per heavy atom. The molecule has 0 aromatic heterocycles. The Bertz CT molecular complexity index is 119. The maximum absolute atomic E-state index is 8.99. The van der Waals surface area contributed by atoms with E-state index in [-0.39, 0.29) is 6.61 Å². The first-order chi connectivity index (χ1) is 5.24. The number of aliphatic hydroxyl groups excluding tert-OH is 1. The number of rotatable bonds is 1. The Balaban J connectivity index is 2.41. The molecule has 1 fully saturated rings.